The number of carboxylic acid groups (broad SMARTS) is 1. The van der Waals surface area contributed by atoms with Crippen molar-refractivity contribution in [3.8, 4) is 5.75 Å². The number of aromatic carboxylic acids is 1. The zero-order valence-electron chi connectivity index (χ0n) is 9.85. The Kier molecular flexibility index (Phi) is 3.64. The van der Waals surface area contributed by atoms with Crippen LogP contribution in [0.1, 0.15) is 21.7 Å². The summed E-state index contributed by atoms with van der Waals surface area (Å²) in [5, 5.41) is 12.1. The van der Waals surface area contributed by atoms with Crippen molar-refractivity contribution < 1.29 is 32.3 Å². The van der Waals surface area contributed by atoms with Gasteiger partial charge in [0, 0.05) is 0 Å². The lowest BCUT2D eigenvalue weighted by Crippen LogP contribution is -2.06. The summed E-state index contributed by atoms with van der Waals surface area (Å²) in [6, 6.07) is 4.27. The number of alkyl halides is 3. The van der Waals surface area contributed by atoms with Crippen LogP contribution in [0.4, 0.5) is 13.2 Å². The van der Waals surface area contributed by atoms with E-state index in [0.29, 0.717) is 0 Å². The molecular weight excluding hydrogens is 279 g/mol. The Labute approximate surface area is 110 Å². The molecule has 2 rings (SSSR count). The lowest BCUT2D eigenvalue weighted by Gasteiger charge is -2.09. The van der Waals surface area contributed by atoms with Gasteiger partial charge in [0.05, 0.1) is 17.3 Å². The maximum Gasteiger partial charge on any atom is 0.416 e. The first-order valence-electron chi connectivity index (χ1n) is 5.35. The predicted octanol–water partition coefficient (Wildman–Crippen LogP) is 2.97. The van der Waals surface area contributed by atoms with Crippen LogP contribution in [0.5, 0.6) is 5.75 Å². The molecule has 8 heteroatoms. The summed E-state index contributed by atoms with van der Waals surface area (Å²) in [5.74, 6) is -1.76. The molecule has 1 aromatic carbocycles. The Hall–Kier alpha value is -2.51. The van der Waals surface area contributed by atoms with Crippen LogP contribution in [-0.2, 0) is 12.8 Å². The summed E-state index contributed by atoms with van der Waals surface area (Å²) in [6.07, 6.45) is -3.33. The first-order valence-corrected chi connectivity index (χ1v) is 5.35. The van der Waals surface area contributed by atoms with Crippen LogP contribution in [0.25, 0.3) is 0 Å². The second-order valence-electron chi connectivity index (χ2n) is 3.80. The van der Waals surface area contributed by atoms with E-state index in [4.69, 9.17) is 9.84 Å². The molecule has 0 aliphatic rings. The summed E-state index contributed by atoms with van der Waals surface area (Å²) < 4.78 is 47.1. The highest BCUT2D eigenvalue weighted by atomic mass is 19.4. The fraction of sp³-hybridized carbons (Fsp3) is 0.167. The third kappa shape index (κ3) is 3.08. The number of hydrogen-bond acceptors (Lipinski definition) is 4. The number of rotatable bonds is 4. The second kappa shape index (κ2) is 5.24. The van der Waals surface area contributed by atoms with Gasteiger partial charge in [-0.25, -0.2) is 4.79 Å². The van der Waals surface area contributed by atoms with E-state index >= 15 is 0 Å². The SMILES string of the molecule is O=C(O)c1oncc1COc1cccc(C(F)(F)F)c1. The molecule has 0 saturated carbocycles. The van der Waals surface area contributed by atoms with Crippen LogP contribution in [0, 0.1) is 0 Å². The highest BCUT2D eigenvalue weighted by molar-refractivity contribution is 5.85. The minimum Gasteiger partial charge on any atom is -0.489 e. The van der Waals surface area contributed by atoms with Gasteiger partial charge >= 0.3 is 12.1 Å². The van der Waals surface area contributed by atoms with Gasteiger partial charge in [-0.05, 0) is 18.2 Å². The number of carbonyl (C=O) groups is 1. The molecule has 0 amide bonds. The summed E-state index contributed by atoms with van der Waals surface area (Å²) in [4.78, 5) is 10.7. The van der Waals surface area contributed by atoms with E-state index in [-0.39, 0.29) is 17.9 Å². The molecule has 1 N–H and O–H groups in total. The molecule has 0 atom stereocenters. The second-order valence-corrected chi connectivity index (χ2v) is 3.80. The standard InChI is InChI=1S/C12H8F3NO4/c13-12(14,15)8-2-1-3-9(4-8)19-6-7-5-16-20-10(7)11(17)18/h1-5H,6H2,(H,17,18). The fourth-order valence-electron chi connectivity index (χ4n) is 1.46. The molecule has 0 fully saturated rings. The van der Waals surface area contributed by atoms with Crippen molar-refractivity contribution in [2.75, 3.05) is 0 Å². The van der Waals surface area contributed by atoms with E-state index < -0.39 is 23.5 Å². The summed E-state index contributed by atoms with van der Waals surface area (Å²) in [5.41, 5.74) is -0.714. The molecule has 0 spiro atoms. The lowest BCUT2D eigenvalue weighted by atomic mass is 10.2. The Morgan fingerprint density at radius 2 is 2.15 bits per heavy atom. The van der Waals surface area contributed by atoms with E-state index in [2.05, 4.69) is 9.68 Å². The van der Waals surface area contributed by atoms with Gasteiger partial charge in [-0.1, -0.05) is 11.2 Å². The van der Waals surface area contributed by atoms with Crippen molar-refractivity contribution in [2.24, 2.45) is 0 Å². The normalized spacial score (nSPS) is 11.3. The van der Waals surface area contributed by atoms with Gasteiger partial charge in [0.25, 0.3) is 5.76 Å². The van der Waals surface area contributed by atoms with E-state index in [1.165, 1.54) is 12.1 Å². The van der Waals surface area contributed by atoms with E-state index in [0.717, 1.165) is 18.3 Å². The first kappa shape index (κ1) is 13.9. The average molecular weight is 287 g/mol. The molecule has 0 radical (unpaired) electrons. The Bertz CT molecular complexity index is 621. The molecule has 20 heavy (non-hydrogen) atoms. The monoisotopic (exact) mass is 287 g/mol. The number of aromatic nitrogens is 1. The third-order valence-corrected chi connectivity index (χ3v) is 2.39. The highest BCUT2D eigenvalue weighted by Crippen LogP contribution is 2.31. The topological polar surface area (TPSA) is 72.6 Å². The van der Waals surface area contributed by atoms with Crippen LogP contribution in [0.2, 0.25) is 0 Å². The first-order chi connectivity index (χ1) is 9.38. The number of hydrogen-bond donors (Lipinski definition) is 1. The van der Waals surface area contributed by atoms with Gasteiger partial charge < -0.3 is 14.4 Å². The van der Waals surface area contributed by atoms with Crippen molar-refractivity contribution in [3.63, 3.8) is 0 Å². The fourth-order valence-corrected chi connectivity index (χ4v) is 1.46. The van der Waals surface area contributed by atoms with Crippen LogP contribution >= 0.6 is 0 Å². The molecule has 1 aromatic heterocycles. The Morgan fingerprint density at radius 3 is 2.80 bits per heavy atom. The van der Waals surface area contributed by atoms with Gasteiger partial charge in [0.2, 0.25) is 0 Å². The summed E-state index contributed by atoms with van der Waals surface area (Å²) in [6.45, 7) is -0.257. The lowest BCUT2D eigenvalue weighted by molar-refractivity contribution is -0.137. The van der Waals surface area contributed by atoms with Crippen molar-refractivity contribution in [2.45, 2.75) is 12.8 Å². The number of ether oxygens (including phenoxy) is 1. The maximum atomic E-state index is 12.5. The molecular formula is C12H8F3NO4. The van der Waals surface area contributed by atoms with Crippen molar-refractivity contribution in [3.05, 3.63) is 47.3 Å². The van der Waals surface area contributed by atoms with Gasteiger partial charge in [-0.3, -0.25) is 0 Å². The molecule has 0 bridgehead atoms. The summed E-state index contributed by atoms with van der Waals surface area (Å²) >= 11 is 0. The van der Waals surface area contributed by atoms with Gasteiger partial charge in [0.15, 0.2) is 0 Å². The van der Waals surface area contributed by atoms with Gasteiger partial charge in [-0.15, -0.1) is 0 Å². The van der Waals surface area contributed by atoms with Crippen LogP contribution in [-0.4, -0.2) is 16.2 Å². The molecule has 2 aromatic rings. The van der Waals surface area contributed by atoms with Crippen LogP contribution in [0.3, 0.4) is 0 Å². The Balaban J connectivity index is 2.11. The minimum atomic E-state index is -4.47. The molecule has 5 nitrogen and oxygen atoms in total. The van der Waals surface area contributed by atoms with E-state index in [9.17, 15) is 18.0 Å². The largest absolute Gasteiger partial charge is 0.489 e. The molecule has 0 unspecified atom stereocenters. The number of benzene rings is 1. The summed E-state index contributed by atoms with van der Waals surface area (Å²) in [7, 11) is 0. The maximum absolute atomic E-state index is 12.5. The van der Waals surface area contributed by atoms with E-state index in [1.807, 2.05) is 0 Å². The van der Waals surface area contributed by atoms with Crippen molar-refractivity contribution in [1.29, 1.82) is 0 Å². The van der Waals surface area contributed by atoms with Crippen LogP contribution in [0.15, 0.2) is 35.0 Å². The van der Waals surface area contributed by atoms with E-state index in [1.54, 1.807) is 0 Å². The molecule has 0 aliphatic heterocycles. The Morgan fingerprint density at radius 1 is 1.40 bits per heavy atom. The van der Waals surface area contributed by atoms with Crippen LogP contribution < -0.4 is 4.74 Å². The number of carboxylic acids is 1. The highest BCUT2D eigenvalue weighted by Gasteiger charge is 2.30. The molecule has 0 aliphatic carbocycles. The third-order valence-electron chi connectivity index (χ3n) is 2.39. The molecule has 1 heterocycles. The predicted molar refractivity (Wildman–Crippen MR) is 59.2 cm³/mol. The minimum absolute atomic E-state index is 0.0302. The zero-order valence-corrected chi connectivity index (χ0v) is 9.85. The smallest absolute Gasteiger partial charge is 0.416 e. The van der Waals surface area contributed by atoms with Crippen molar-refractivity contribution >= 4 is 5.97 Å². The number of nitrogens with zero attached hydrogens (tertiary/aromatic N) is 1. The van der Waals surface area contributed by atoms with Gasteiger partial charge in [0.1, 0.15) is 12.4 Å². The zero-order chi connectivity index (χ0) is 14.8. The quantitative estimate of drug-likeness (QED) is 0.935. The molecule has 0 saturated heterocycles. The van der Waals surface area contributed by atoms with Gasteiger partial charge in [-0.2, -0.15) is 13.2 Å². The number of halogens is 3. The van der Waals surface area contributed by atoms with Crippen molar-refractivity contribution in [1.82, 2.24) is 5.16 Å². The average Bonchev–Trinajstić information content (AvgIpc) is 2.84. The molecule has 106 valence electrons.